The second-order valence-electron chi connectivity index (χ2n) is 7.67. The van der Waals surface area contributed by atoms with Gasteiger partial charge in [-0.25, -0.2) is 4.98 Å². The molecule has 142 valence electrons. The number of nitrogens with one attached hydrogen (secondary N) is 1. The highest BCUT2D eigenvalue weighted by Gasteiger charge is 2.26. The van der Waals surface area contributed by atoms with Crippen LogP contribution in [0.2, 0.25) is 0 Å². The summed E-state index contributed by atoms with van der Waals surface area (Å²) >= 11 is 1.70. The number of piperidine rings is 1. The van der Waals surface area contributed by atoms with Crippen LogP contribution in [0.15, 0.2) is 10.4 Å². The Morgan fingerprint density at radius 1 is 1.44 bits per heavy atom. The maximum Gasteiger partial charge on any atom is 0.193 e. The Bertz CT molecular complexity index is 546. The molecule has 1 N–H and O–H groups in total. The zero-order chi connectivity index (χ0) is 18.4. The first kappa shape index (κ1) is 20.2. The van der Waals surface area contributed by atoms with Gasteiger partial charge in [-0.15, -0.1) is 11.3 Å². The number of hydrogen-bond acceptors (Lipinski definition) is 4. The number of guanidine groups is 1. The molecule has 6 heteroatoms. The van der Waals surface area contributed by atoms with Gasteiger partial charge in [0.1, 0.15) is 0 Å². The molecular formula is C19H35N5S. The molecule has 0 aromatic carbocycles. The Hall–Kier alpha value is -1.14. The lowest BCUT2D eigenvalue weighted by atomic mass is 9.94. The van der Waals surface area contributed by atoms with Gasteiger partial charge < -0.3 is 10.2 Å². The molecule has 2 rings (SSSR count). The molecule has 1 fully saturated rings. The predicted molar refractivity (Wildman–Crippen MR) is 108 cm³/mol. The summed E-state index contributed by atoms with van der Waals surface area (Å²) in [6.45, 7) is 13.3. The van der Waals surface area contributed by atoms with Gasteiger partial charge in [-0.05, 0) is 44.7 Å². The highest BCUT2D eigenvalue weighted by Crippen LogP contribution is 2.21. The van der Waals surface area contributed by atoms with Gasteiger partial charge in [0.05, 0.1) is 17.2 Å². The van der Waals surface area contributed by atoms with Crippen LogP contribution in [0.25, 0.3) is 0 Å². The molecule has 1 unspecified atom stereocenters. The van der Waals surface area contributed by atoms with Gasteiger partial charge in [0, 0.05) is 32.1 Å². The maximum atomic E-state index is 4.56. The summed E-state index contributed by atoms with van der Waals surface area (Å²) in [5.41, 5.74) is 1.11. The number of rotatable bonds is 6. The summed E-state index contributed by atoms with van der Waals surface area (Å²) in [6, 6.07) is 0.555. The van der Waals surface area contributed by atoms with Crippen molar-refractivity contribution in [1.29, 1.82) is 0 Å². The number of likely N-dealkylation sites (tertiary alicyclic amines) is 1. The summed E-state index contributed by atoms with van der Waals surface area (Å²) in [6.07, 6.45) is 2.64. The van der Waals surface area contributed by atoms with Crippen molar-refractivity contribution >= 4 is 17.3 Å². The lowest BCUT2D eigenvalue weighted by molar-refractivity contribution is 0.109. The van der Waals surface area contributed by atoms with Crippen molar-refractivity contribution in [3.63, 3.8) is 0 Å². The van der Waals surface area contributed by atoms with Gasteiger partial charge in [-0.2, -0.15) is 0 Å². The van der Waals surface area contributed by atoms with E-state index < -0.39 is 0 Å². The largest absolute Gasteiger partial charge is 0.355 e. The summed E-state index contributed by atoms with van der Waals surface area (Å²) in [7, 11) is 3.94. The molecule has 1 aliphatic heterocycles. The number of aliphatic imine (C=N–C) groups is 1. The quantitative estimate of drug-likeness (QED) is 0.621. The van der Waals surface area contributed by atoms with Crippen molar-refractivity contribution in [1.82, 2.24) is 20.1 Å². The van der Waals surface area contributed by atoms with E-state index in [1.54, 1.807) is 11.3 Å². The van der Waals surface area contributed by atoms with Crippen LogP contribution in [-0.2, 0) is 6.54 Å². The van der Waals surface area contributed by atoms with Gasteiger partial charge >= 0.3 is 0 Å². The summed E-state index contributed by atoms with van der Waals surface area (Å²) in [4.78, 5) is 13.8. The van der Waals surface area contributed by atoms with Gasteiger partial charge in [-0.3, -0.25) is 9.89 Å². The first-order chi connectivity index (χ1) is 11.9. The van der Waals surface area contributed by atoms with E-state index in [-0.39, 0.29) is 0 Å². The number of hydrogen-bond donors (Lipinski definition) is 1. The van der Waals surface area contributed by atoms with E-state index in [0.717, 1.165) is 35.7 Å². The molecule has 0 radical (unpaired) electrons. The van der Waals surface area contributed by atoms with Gasteiger partial charge in [0.15, 0.2) is 5.96 Å². The van der Waals surface area contributed by atoms with E-state index in [1.807, 2.05) is 14.0 Å². The fourth-order valence-corrected chi connectivity index (χ4v) is 4.13. The van der Waals surface area contributed by atoms with Crippen LogP contribution in [0.1, 0.15) is 44.3 Å². The fourth-order valence-electron chi connectivity index (χ4n) is 3.53. The minimum absolute atomic E-state index is 0.555. The standard InChI is InChI=1S/C19H35N5S/c1-14(2)18(24-9-7-15(3)8-10-24)11-21-19(20-5)23(6)12-17-13-25-16(4)22-17/h13-15,18H,7-12H2,1-6H3,(H,20,21). The smallest absolute Gasteiger partial charge is 0.193 e. The Morgan fingerprint density at radius 3 is 2.64 bits per heavy atom. The molecule has 1 atom stereocenters. The lowest BCUT2D eigenvalue weighted by Crippen LogP contribution is -2.51. The molecule has 0 spiro atoms. The Labute approximate surface area is 157 Å². The second kappa shape index (κ2) is 9.53. The molecule has 5 nitrogen and oxygen atoms in total. The van der Waals surface area contributed by atoms with Crippen molar-refractivity contribution in [2.45, 2.75) is 53.1 Å². The van der Waals surface area contributed by atoms with Crippen molar-refractivity contribution in [3.8, 4) is 0 Å². The monoisotopic (exact) mass is 365 g/mol. The number of aryl methyl sites for hydroxylation is 1. The maximum absolute atomic E-state index is 4.56. The average molecular weight is 366 g/mol. The van der Waals surface area contributed by atoms with Crippen LogP contribution in [0.3, 0.4) is 0 Å². The molecule has 0 saturated carbocycles. The molecule has 1 aromatic rings. The molecule has 1 aliphatic rings. The zero-order valence-electron chi connectivity index (χ0n) is 16.7. The Morgan fingerprint density at radius 2 is 2.12 bits per heavy atom. The molecular weight excluding hydrogens is 330 g/mol. The lowest BCUT2D eigenvalue weighted by Gasteiger charge is -2.39. The highest BCUT2D eigenvalue weighted by atomic mass is 32.1. The van der Waals surface area contributed by atoms with E-state index >= 15 is 0 Å². The van der Waals surface area contributed by atoms with E-state index in [0.29, 0.717) is 12.0 Å². The van der Waals surface area contributed by atoms with Crippen LogP contribution in [0.4, 0.5) is 0 Å². The Balaban J connectivity index is 1.90. The first-order valence-electron chi connectivity index (χ1n) is 9.47. The van der Waals surface area contributed by atoms with Crippen molar-refractivity contribution < 1.29 is 0 Å². The number of aromatic nitrogens is 1. The normalized spacial score (nSPS) is 18.6. The topological polar surface area (TPSA) is 43.8 Å². The average Bonchev–Trinajstić information content (AvgIpc) is 2.97. The SMILES string of the molecule is CN=C(NCC(C(C)C)N1CCC(C)CC1)N(C)Cc1csc(C)n1. The van der Waals surface area contributed by atoms with Crippen LogP contribution in [-0.4, -0.2) is 60.5 Å². The van der Waals surface area contributed by atoms with Gasteiger partial charge in [-0.1, -0.05) is 20.8 Å². The molecule has 2 heterocycles. The van der Waals surface area contributed by atoms with Crippen LogP contribution in [0.5, 0.6) is 0 Å². The van der Waals surface area contributed by atoms with Gasteiger partial charge in [0.25, 0.3) is 0 Å². The summed E-state index contributed by atoms with van der Waals surface area (Å²) in [5.74, 6) is 2.45. The van der Waals surface area contributed by atoms with E-state index in [9.17, 15) is 0 Å². The highest BCUT2D eigenvalue weighted by molar-refractivity contribution is 7.09. The van der Waals surface area contributed by atoms with Gasteiger partial charge in [0.2, 0.25) is 0 Å². The molecule has 0 bridgehead atoms. The van der Waals surface area contributed by atoms with Crippen LogP contribution >= 0.6 is 11.3 Å². The minimum Gasteiger partial charge on any atom is -0.355 e. The molecule has 0 amide bonds. The number of thiazole rings is 1. The van der Waals surface area contributed by atoms with Crippen LogP contribution < -0.4 is 5.32 Å². The van der Waals surface area contributed by atoms with E-state index in [4.69, 9.17) is 0 Å². The van der Waals surface area contributed by atoms with Crippen molar-refractivity contribution in [2.24, 2.45) is 16.8 Å². The fraction of sp³-hybridized carbons (Fsp3) is 0.789. The van der Waals surface area contributed by atoms with Crippen LogP contribution in [0, 0.1) is 18.8 Å². The third kappa shape index (κ3) is 5.96. The predicted octanol–water partition coefficient (Wildman–Crippen LogP) is 3.22. The third-order valence-corrected chi connectivity index (χ3v) is 5.99. The molecule has 1 aromatic heterocycles. The van der Waals surface area contributed by atoms with Crippen molar-refractivity contribution in [3.05, 3.63) is 16.1 Å². The summed E-state index contributed by atoms with van der Waals surface area (Å²) in [5, 5.41) is 6.84. The first-order valence-corrected chi connectivity index (χ1v) is 10.4. The molecule has 1 saturated heterocycles. The molecule has 25 heavy (non-hydrogen) atoms. The van der Waals surface area contributed by atoms with E-state index in [2.05, 4.69) is 58.3 Å². The third-order valence-electron chi connectivity index (χ3n) is 5.17. The number of nitrogens with zero attached hydrogens (tertiary/aromatic N) is 4. The van der Waals surface area contributed by atoms with Crippen molar-refractivity contribution in [2.75, 3.05) is 33.7 Å². The minimum atomic E-state index is 0.555. The second-order valence-corrected chi connectivity index (χ2v) is 8.73. The summed E-state index contributed by atoms with van der Waals surface area (Å²) < 4.78 is 0. The Kier molecular flexibility index (Phi) is 7.69. The molecule has 0 aliphatic carbocycles. The van der Waals surface area contributed by atoms with E-state index in [1.165, 1.54) is 25.9 Å². The zero-order valence-corrected chi connectivity index (χ0v) is 17.6.